The first kappa shape index (κ1) is 26.3. The van der Waals surface area contributed by atoms with Crippen molar-refractivity contribution in [3.8, 4) is 0 Å². The van der Waals surface area contributed by atoms with Crippen molar-refractivity contribution in [1.82, 2.24) is 14.9 Å². The minimum Gasteiger partial charge on any atom is -0.353 e. The van der Waals surface area contributed by atoms with Gasteiger partial charge in [0, 0.05) is 38.0 Å². The molecule has 0 aliphatic carbocycles. The molecule has 7 nitrogen and oxygen atoms in total. The normalized spacial score (nSPS) is 15.8. The summed E-state index contributed by atoms with van der Waals surface area (Å²) in [5.74, 6) is 0.115. The number of hydrogen-bond acceptors (Lipinski definition) is 4. The molecule has 2 rings (SSSR count). The van der Waals surface area contributed by atoms with Gasteiger partial charge in [-0.15, -0.1) is 0 Å². The monoisotopic (exact) mass is 465 g/mol. The van der Waals surface area contributed by atoms with Crippen LogP contribution in [-0.4, -0.2) is 50.8 Å². The van der Waals surface area contributed by atoms with Gasteiger partial charge in [-0.05, 0) is 48.8 Å². The second kappa shape index (κ2) is 11.3. The van der Waals surface area contributed by atoms with Gasteiger partial charge in [0.05, 0.1) is 4.90 Å². The summed E-state index contributed by atoms with van der Waals surface area (Å²) in [5, 5.41) is 2.97. The maximum Gasteiger partial charge on any atom is 0.240 e. The summed E-state index contributed by atoms with van der Waals surface area (Å²) in [6.07, 6.45) is 3.23. The second-order valence-electron chi connectivity index (χ2n) is 9.60. The number of carbonyl (C=O) groups is 2. The number of nitrogens with zero attached hydrogens (tertiary/aromatic N) is 1. The molecule has 180 valence electrons. The molecule has 0 unspecified atom stereocenters. The number of likely N-dealkylation sites (tertiary alicyclic amines) is 1. The molecule has 1 aliphatic rings. The van der Waals surface area contributed by atoms with Crippen LogP contribution in [0.3, 0.4) is 0 Å². The van der Waals surface area contributed by atoms with E-state index >= 15 is 0 Å². The van der Waals surface area contributed by atoms with Crippen molar-refractivity contribution in [2.45, 2.75) is 83.1 Å². The number of rotatable bonds is 9. The highest BCUT2D eigenvalue weighted by Crippen LogP contribution is 2.23. The third-order valence-corrected chi connectivity index (χ3v) is 7.66. The van der Waals surface area contributed by atoms with E-state index in [1.165, 1.54) is 0 Å². The van der Waals surface area contributed by atoms with Crippen LogP contribution >= 0.6 is 0 Å². The minimum absolute atomic E-state index is 0.0230. The van der Waals surface area contributed by atoms with E-state index in [-0.39, 0.29) is 47.1 Å². The lowest BCUT2D eigenvalue weighted by Gasteiger charge is -2.34. The van der Waals surface area contributed by atoms with E-state index < -0.39 is 10.0 Å². The number of nitrogens with one attached hydrogen (secondary N) is 2. The van der Waals surface area contributed by atoms with Crippen molar-refractivity contribution in [3.05, 3.63) is 29.8 Å². The Hall–Kier alpha value is -1.93. The van der Waals surface area contributed by atoms with E-state index in [0.29, 0.717) is 13.1 Å². The summed E-state index contributed by atoms with van der Waals surface area (Å²) in [7, 11) is -3.66. The number of hydrogen-bond donors (Lipinski definition) is 2. The van der Waals surface area contributed by atoms with E-state index in [1.807, 2.05) is 30.9 Å². The Balaban J connectivity index is 1.76. The molecule has 1 fully saturated rings. The van der Waals surface area contributed by atoms with E-state index in [4.69, 9.17) is 0 Å². The molecule has 32 heavy (non-hydrogen) atoms. The minimum atomic E-state index is -3.66. The zero-order chi connectivity index (χ0) is 23.9. The Morgan fingerprint density at radius 1 is 1.06 bits per heavy atom. The van der Waals surface area contributed by atoms with Crippen molar-refractivity contribution < 1.29 is 18.0 Å². The summed E-state index contributed by atoms with van der Waals surface area (Å²) in [5.41, 5.74) is 1.01. The van der Waals surface area contributed by atoms with Crippen molar-refractivity contribution in [2.75, 3.05) is 19.6 Å². The van der Waals surface area contributed by atoms with E-state index in [2.05, 4.69) is 30.8 Å². The molecule has 1 aliphatic heterocycles. The molecule has 2 amide bonds. The first-order chi connectivity index (χ1) is 15.0. The Kier molecular flexibility index (Phi) is 9.28. The van der Waals surface area contributed by atoms with Gasteiger partial charge in [-0.1, -0.05) is 46.8 Å². The highest BCUT2D eigenvalue weighted by atomic mass is 32.2. The number of piperidine rings is 1. The van der Waals surface area contributed by atoms with Crippen LogP contribution in [0.5, 0.6) is 0 Å². The predicted molar refractivity (Wildman–Crippen MR) is 127 cm³/mol. The lowest BCUT2D eigenvalue weighted by Crippen LogP contribution is -2.48. The number of carbonyl (C=O) groups excluding carboxylic acids is 2. The third-order valence-electron chi connectivity index (χ3n) is 6.18. The number of benzene rings is 1. The van der Waals surface area contributed by atoms with Crippen LogP contribution in [0.2, 0.25) is 0 Å². The quantitative estimate of drug-likeness (QED) is 0.585. The lowest BCUT2D eigenvalue weighted by atomic mass is 9.87. The molecule has 0 bridgehead atoms. The molecular formula is C24H39N3O4S. The van der Waals surface area contributed by atoms with Crippen LogP contribution in [0.4, 0.5) is 0 Å². The topological polar surface area (TPSA) is 95.6 Å². The molecule has 1 aromatic carbocycles. The average Bonchev–Trinajstić information content (AvgIpc) is 2.74. The van der Waals surface area contributed by atoms with Gasteiger partial charge in [0.15, 0.2) is 0 Å². The summed E-state index contributed by atoms with van der Waals surface area (Å²) in [6, 6.07) is 6.86. The largest absolute Gasteiger partial charge is 0.353 e. The fourth-order valence-electron chi connectivity index (χ4n) is 3.96. The van der Waals surface area contributed by atoms with Gasteiger partial charge >= 0.3 is 0 Å². The van der Waals surface area contributed by atoms with Gasteiger partial charge in [-0.2, -0.15) is 0 Å². The molecule has 0 atom stereocenters. The Bertz CT molecular complexity index is 864. The molecule has 8 heteroatoms. The molecule has 0 radical (unpaired) electrons. The van der Waals surface area contributed by atoms with Crippen molar-refractivity contribution in [1.29, 1.82) is 0 Å². The lowest BCUT2D eigenvalue weighted by molar-refractivity contribution is -0.137. The Morgan fingerprint density at radius 2 is 1.62 bits per heavy atom. The smallest absolute Gasteiger partial charge is 0.240 e. The van der Waals surface area contributed by atoms with Gasteiger partial charge in [0.2, 0.25) is 21.8 Å². The molecule has 0 aromatic heterocycles. The van der Waals surface area contributed by atoms with Crippen molar-refractivity contribution in [2.24, 2.45) is 5.92 Å². The van der Waals surface area contributed by atoms with Crippen LogP contribution in [0.15, 0.2) is 29.2 Å². The SMILES string of the molecule is CCC(CC)C(=O)N1CCC(NC(=O)CCNS(=O)(=O)c2ccc(C(C)(C)C)cc2)CC1. The Morgan fingerprint density at radius 3 is 2.12 bits per heavy atom. The summed E-state index contributed by atoms with van der Waals surface area (Å²) in [6.45, 7) is 11.6. The van der Waals surface area contributed by atoms with Gasteiger partial charge in [0.1, 0.15) is 0 Å². The highest BCUT2D eigenvalue weighted by Gasteiger charge is 2.27. The van der Waals surface area contributed by atoms with Crippen molar-refractivity contribution in [3.63, 3.8) is 0 Å². The van der Waals surface area contributed by atoms with Crippen LogP contribution in [0.25, 0.3) is 0 Å². The van der Waals surface area contributed by atoms with Crippen LogP contribution < -0.4 is 10.0 Å². The maximum atomic E-state index is 12.5. The van der Waals surface area contributed by atoms with Crippen LogP contribution in [0, 0.1) is 5.92 Å². The van der Waals surface area contributed by atoms with E-state index in [1.54, 1.807) is 12.1 Å². The summed E-state index contributed by atoms with van der Waals surface area (Å²) < 4.78 is 27.5. The van der Waals surface area contributed by atoms with Gasteiger partial charge in [-0.3, -0.25) is 9.59 Å². The number of sulfonamides is 1. The maximum absolute atomic E-state index is 12.5. The number of amides is 2. The van der Waals surface area contributed by atoms with Crippen molar-refractivity contribution >= 4 is 21.8 Å². The highest BCUT2D eigenvalue weighted by molar-refractivity contribution is 7.89. The summed E-state index contributed by atoms with van der Waals surface area (Å²) in [4.78, 5) is 26.9. The third kappa shape index (κ3) is 7.30. The zero-order valence-electron chi connectivity index (χ0n) is 20.1. The molecule has 0 spiro atoms. The van der Waals surface area contributed by atoms with E-state index in [0.717, 1.165) is 31.2 Å². The fourth-order valence-corrected chi connectivity index (χ4v) is 4.99. The van der Waals surface area contributed by atoms with Gasteiger partial charge < -0.3 is 10.2 Å². The standard InChI is InChI=1S/C24H39N3O4S/c1-6-18(7-2)23(29)27-16-13-20(14-17-27)26-22(28)12-15-25-32(30,31)21-10-8-19(9-11-21)24(3,4)5/h8-11,18,20,25H,6-7,12-17H2,1-5H3,(H,26,28). The fraction of sp³-hybridized carbons (Fsp3) is 0.667. The predicted octanol–water partition coefficient (Wildman–Crippen LogP) is 3.20. The molecule has 1 saturated heterocycles. The average molecular weight is 466 g/mol. The summed E-state index contributed by atoms with van der Waals surface area (Å²) >= 11 is 0. The van der Waals surface area contributed by atoms with Gasteiger partial charge in [0.25, 0.3) is 0 Å². The molecule has 1 heterocycles. The first-order valence-electron chi connectivity index (χ1n) is 11.7. The zero-order valence-corrected chi connectivity index (χ0v) is 20.9. The first-order valence-corrected chi connectivity index (χ1v) is 13.1. The van der Waals surface area contributed by atoms with Crippen LogP contribution in [0.1, 0.15) is 72.3 Å². The second-order valence-corrected chi connectivity index (χ2v) is 11.4. The van der Waals surface area contributed by atoms with Crippen LogP contribution in [-0.2, 0) is 25.0 Å². The Labute approximate surface area is 193 Å². The molecular weight excluding hydrogens is 426 g/mol. The van der Waals surface area contributed by atoms with E-state index in [9.17, 15) is 18.0 Å². The molecule has 2 N–H and O–H groups in total. The molecule has 0 saturated carbocycles. The molecule has 1 aromatic rings. The van der Waals surface area contributed by atoms with Gasteiger partial charge in [-0.25, -0.2) is 13.1 Å².